The Kier molecular flexibility index (Phi) is 5.38. The Labute approximate surface area is 130 Å². The molecule has 104 valence electrons. The van der Waals surface area contributed by atoms with E-state index in [1.165, 1.54) is 6.20 Å². The van der Waals surface area contributed by atoms with E-state index in [9.17, 15) is 4.79 Å². The quantitative estimate of drug-likeness (QED) is 0.661. The van der Waals surface area contributed by atoms with Crippen LogP contribution in [0, 0.1) is 0 Å². The molecule has 4 nitrogen and oxygen atoms in total. The summed E-state index contributed by atoms with van der Waals surface area (Å²) in [5.74, 6) is 0.481. The number of halogens is 2. The summed E-state index contributed by atoms with van der Waals surface area (Å²) in [5, 5.41) is 2.92. The molecule has 0 atom stereocenters. The predicted molar refractivity (Wildman–Crippen MR) is 81.2 cm³/mol. The van der Waals surface area contributed by atoms with E-state index >= 15 is 0 Å². The van der Waals surface area contributed by atoms with Crippen molar-refractivity contribution in [1.82, 2.24) is 10.3 Å². The highest BCUT2D eigenvalue weighted by molar-refractivity contribution is 9.10. The van der Waals surface area contributed by atoms with Crippen LogP contribution in [-0.4, -0.2) is 24.0 Å². The minimum atomic E-state index is -0.263. The summed E-state index contributed by atoms with van der Waals surface area (Å²) in [4.78, 5) is 15.7. The zero-order valence-corrected chi connectivity index (χ0v) is 12.8. The van der Waals surface area contributed by atoms with Crippen LogP contribution in [0.2, 0.25) is 5.15 Å². The molecule has 0 aliphatic heterocycles. The molecule has 0 spiro atoms. The van der Waals surface area contributed by atoms with Gasteiger partial charge >= 0.3 is 0 Å². The van der Waals surface area contributed by atoms with Crippen molar-refractivity contribution in [3.8, 4) is 5.75 Å². The summed E-state index contributed by atoms with van der Waals surface area (Å²) >= 11 is 9.20. The molecule has 1 amide bonds. The smallest absolute Gasteiger partial charge is 0.254 e. The van der Waals surface area contributed by atoms with Gasteiger partial charge in [0.15, 0.2) is 0 Å². The Morgan fingerprint density at radius 3 is 2.95 bits per heavy atom. The molecule has 0 aliphatic carbocycles. The van der Waals surface area contributed by atoms with Crippen molar-refractivity contribution in [1.29, 1.82) is 0 Å². The fourth-order valence-corrected chi connectivity index (χ4v) is 2.12. The number of nitrogens with zero attached hydrogens (tertiary/aromatic N) is 1. The lowest BCUT2D eigenvalue weighted by Gasteiger charge is -2.08. The Morgan fingerprint density at radius 1 is 1.35 bits per heavy atom. The number of carbonyl (C=O) groups excluding carboxylic acids is 1. The first-order valence-electron chi connectivity index (χ1n) is 5.94. The Morgan fingerprint density at radius 2 is 2.20 bits per heavy atom. The highest BCUT2D eigenvalue weighted by Gasteiger charge is 2.09. The van der Waals surface area contributed by atoms with E-state index in [2.05, 4.69) is 26.2 Å². The summed E-state index contributed by atoms with van der Waals surface area (Å²) in [6.45, 7) is 0.761. The summed E-state index contributed by atoms with van der Waals surface area (Å²) in [5.41, 5.74) is 0.358. The normalized spacial score (nSPS) is 10.1. The van der Waals surface area contributed by atoms with Crippen LogP contribution in [0.25, 0.3) is 0 Å². The number of benzene rings is 1. The van der Waals surface area contributed by atoms with E-state index in [1.54, 1.807) is 12.1 Å². The molecule has 0 saturated heterocycles. The monoisotopic (exact) mass is 354 g/mol. The van der Waals surface area contributed by atoms with Gasteiger partial charge in [-0.3, -0.25) is 4.79 Å². The predicted octanol–water partition coefficient (Wildman–Crippen LogP) is 3.31. The highest BCUT2D eigenvalue weighted by Crippen LogP contribution is 2.17. The van der Waals surface area contributed by atoms with Crippen molar-refractivity contribution in [2.75, 3.05) is 13.2 Å². The maximum absolute atomic E-state index is 11.8. The molecular formula is C14H12BrClN2O2. The topological polar surface area (TPSA) is 51.2 Å². The van der Waals surface area contributed by atoms with Crippen LogP contribution in [0.4, 0.5) is 0 Å². The molecule has 2 rings (SSSR count). The van der Waals surface area contributed by atoms with Crippen LogP contribution < -0.4 is 10.1 Å². The molecule has 0 unspecified atom stereocenters. The highest BCUT2D eigenvalue weighted by atomic mass is 79.9. The van der Waals surface area contributed by atoms with Gasteiger partial charge in [0, 0.05) is 10.7 Å². The maximum atomic E-state index is 11.8. The van der Waals surface area contributed by atoms with Gasteiger partial charge < -0.3 is 10.1 Å². The van der Waals surface area contributed by atoms with E-state index in [-0.39, 0.29) is 11.1 Å². The average molecular weight is 356 g/mol. The second-order valence-electron chi connectivity index (χ2n) is 3.90. The van der Waals surface area contributed by atoms with E-state index in [0.29, 0.717) is 18.7 Å². The number of pyridine rings is 1. The molecule has 20 heavy (non-hydrogen) atoms. The van der Waals surface area contributed by atoms with Crippen molar-refractivity contribution in [3.63, 3.8) is 0 Å². The third kappa shape index (κ3) is 4.21. The van der Waals surface area contributed by atoms with E-state index in [1.807, 2.05) is 24.3 Å². The Bertz CT molecular complexity index is 607. The van der Waals surface area contributed by atoms with Gasteiger partial charge in [0.25, 0.3) is 5.91 Å². The largest absolute Gasteiger partial charge is 0.492 e. The molecule has 0 saturated carbocycles. The first kappa shape index (κ1) is 14.8. The second kappa shape index (κ2) is 7.26. The third-order valence-electron chi connectivity index (χ3n) is 2.46. The molecule has 1 heterocycles. The molecule has 1 aromatic heterocycles. The first-order valence-corrected chi connectivity index (χ1v) is 7.11. The molecule has 0 bridgehead atoms. The van der Waals surface area contributed by atoms with Gasteiger partial charge in [0.05, 0.1) is 12.1 Å². The molecule has 2 aromatic rings. The van der Waals surface area contributed by atoms with Crippen LogP contribution in [0.15, 0.2) is 47.1 Å². The minimum absolute atomic E-state index is 0.193. The molecular weight excluding hydrogens is 344 g/mol. The van der Waals surface area contributed by atoms with E-state index < -0.39 is 0 Å². The molecule has 1 aromatic carbocycles. The summed E-state index contributed by atoms with van der Waals surface area (Å²) in [6.07, 6.45) is 1.54. The van der Waals surface area contributed by atoms with Gasteiger partial charge in [0.2, 0.25) is 0 Å². The first-order chi connectivity index (χ1) is 9.66. The SMILES string of the molecule is O=C(NCCOc1cccc(Br)c1)c1cccnc1Cl. The number of ether oxygens (including phenoxy) is 1. The number of aromatic nitrogens is 1. The standard InChI is InChI=1S/C14H12BrClN2O2/c15-10-3-1-4-11(9-10)20-8-7-18-14(19)12-5-2-6-17-13(12)16/h1-6,9H,7-8H2,(H,18,19). The Balaban J connectivity index is 1.79. The molecule has 6 heteroatoms. The summed E-state index contributed by atoms with van der Waals surface area (Å²) < 4.78 is 6.46. The molecule has 1 N–H and O–H groups in total. The van der Waals surface area contributed by atoms with Crippen LogP contribution in [0.5, 0.6) is 5.75 Å². The van der Waals surface area contributed by atoms with Gasteiger partial charge in [-0.15, -0.1) is 0 Å². The summed E-state index contributed by atoms with van der Waals surface area (Å²) in [6, 6.07) is 10.8. The fourth-order valence-electron chi connectivity index (χ4n) is 1.54. The lowest BCUT2D eigenvalue weighted by atomic mass is 10.3. The van der Waals surface area contributed by atoms with E-state index in [4.69, 9.17) is 16.3 Å². The minimum Gasteiger partial charge on any atom is -0.492 e. The van der Waals surface area contributed by atoms with Gasteiger partial charge in [-0.1, -0.05) is 33.6 Å². The molecule has 0 radical (unpaired) electrons. The summed E-state index contributed by atoms with van der Waals surface area (Å²) in [7, 11) is 0. The fraction of sp³-hybridized carbons (Fsp3) is 0.143. The van der Waals surface area contributed by atoms with Crippen molar-refractivity contribution in [2.45, 2.75) is 0 Å². The van der Waals surface area contributed by atoms with E-state index in [0.717, 1.165) is 10.2 Å². The molecule has 0 fully saturated rings. The van der Waals surface area contributed by atoms with Crippen molar-refractivity contribution in [3.05, 3.63) is 57.8 Å². The number of hydrogen-bond acceptors (Lipinski definition) is 3. The Hall–Kier alpha value is -1.59. The average Bonchev–Trinajstić information content (AvgIpc) is 2.44. The zero-order chi connectivity index (χ0) is 14.4. The van der Waals surface area contributed by atoms with Gasteiger partial charge in [-0.2, -0.15) is 0 Å². The number of hydrogen-bond donors (Lipinski definition) is 1. The number of nitrogens with one attached hydrogen (secondary N) is 1. The number of rotatable bonds is 5. The van der Waals surface area contributed by atoms with Gasteiger partial charge in [-0.05, 0) is 30.3 Å². The maximum Gasteiger partial charge on any atom is 0.254 e. The lowest BCUT2D eigenvalue weighted by molar-refractivity contribution is 0.0947. The van der Waals surface area contributed by atoms with Crippen LogP contribution in [0.3, 0.4) is 0 Å². The van der Waals surface area contributed by atoms with Gasteiger partial charge in [0.1, 0.15) is 17.5 Å². The van der Waals surface area contributed by atoms with Crippen LogP contribution in [-0.2, 0) is 0 Å². The van der Waals surface area contributed by atoms with Crippen LogP contribution in [0.1, 0.15) is 10.4 Å². The van der Waals surface area contributed by atoms with Crippen LogP contribution >= 0.6 is 27.5 Å². The number of carbonyl (C=O) groups is 1. The molecule has 0 aliphatic rings. The van der Waals surface area contributed by atoms with Crippen molar-refractivity contribution >= 4 is 33.4 Å². The van der Waals surface area contributed by atoms with Crippen molar-refractivity contribution < 1.29 is 9.53 Å². The lowest BCUT2D eigenvalue weighted by Crippen LogP contribution is -2.28. The second-order valence-corrected chi connectivity index (χ2v) is 5.18. The number of amides is 1. The van der Waals surface area contributed by atoms with Crippen molar-refractivity contribution in [2.24, 2.45) is 0 Å². The van der Waals surface area contributed by atoms with Gasteiger partial charge in [-0.25, -0.2) is 4.98 Å². The zero-order valence-electron chi connectivity index (χ0n) is 10.5. The third-order valence-corrected chi connectivity index (χ3v) is 3.25.